The molecule has 1 unspecified atom stereocenters. The maximum atomic E-state index is 9.66. The largest absolute Gasteiger partial charge is 0.393 e. The topological polar surface area (TPSA) is 46.0 Å². The molecule has 1 N–H and O–H groups in total. The Morgan fingerprint density at radius 3 is 2.60 bits per heavy atom. The van der Waals surface area contributed by atoms with Crippen LogP contribution >= 0.6 is 0 Å². The number of hydrogen-bond acceptors (Lipinski definition) is 3. The van der Waals surface area contributed by atoms with Crippen LogP contribution in [0.2, 0.25) is 0 Å². The van der Waals surface area contributed by atoms with Crippen LogP contribution in [0, 0.1) is 0 Å². The first-order valence-corrected chi connectivity index (χ1v) is 5.74. The van der Waals surface area contributed by atoms with Crippen molar-refractivity contribution >= 4 is 0 Å². The lowest BCUT2D eigenvalue weighted by Gasteiger charge is -2.08. The number of rotatable bonds is 6. The molecule has 0 spiro atoms. The summed E-state index contributed by atoms with van der Waals surface area (Å²) < 4.78 is 0. The van der Waals surface area contributed by atoms with E-state index in [1.165, 1.54) is 0 Å². The Kier molecular flexibility index (Phi) is 5.26. The third kappa shape index (κ3) is 4.38. The van der Waals surface area contributed by atoms with Gasteiger partial charge in [0, 0.05) is 17.8 Å². The van der Waals surface area contributed by atoms with Crippen LogP contribution in [-0.2, 0) is 12.8 Å². The number of nitrogens with zero attached hydrogens (tertiary/aromatic N) is 2. The van der Waals surface area contributed by atoms with Gasteiger partial charge in [0.1, 0.15) is 6.33 Å². The molecule has 1 aromatic rings. The van der Waals surface area contributed by atoms with Crippen molar-refractivity contribution in [2.45, 2.75) is 52.1 Å². The second kappa shape index (κ2) is 6.51. The lowest BCUT2D eigenvalue weighted by atomic mass is 10.1. The van der Waals surface area contributed by atoms with Gasteiger partial charge in [0.15, 0.2) is 0 Å². The first-order valence-electron chi connectivity index (χ1n) is 5.74. The molecule has 15 heavy (non-hydrogen) atoms. The van der Waals surface area contributed by atoms with Gasteiger partial charge in [-0.25, -0.2) is 9.97 Å². The van der Waals surface area contributed by atoms with Gasteiger partial charge in [-0.1, -0.05) is 26.7 Å². The fourth-order valence-electron chi connectivity index (χ4n) is 1.63. The van der Waals surface area contributed by atoms with Gasteiger partial charge in [-0.3, -0.25) is 0 Å². The minimum absolute atomic E-state index is 0.264. The van der Waals surface area contributed by atoms with Crippen molar-refractivity contribution in [3.05, 3.63) is 23.8 Å². The number of aliphatic hydroxyl groups is 1. The van der Waals surface area contributed by atoms with E-state index in [2.05, 4.69) is 23.8 Å². The van der Waals surface area contributed by atoms with E-state index < -0.39 is 0 Å². The highest BCUT2D eigenvalue weighted by molar-refractivity contribution is 5.09. The molecule has 0 radical (unpaired) electrons. The van der Waals surface area contributed by atoms with Gasteiger partial charge in [0.25, 0.3) is 0 Å². The Labute approximate surface area is 91.6 Å². The predicted molar refractivity (Wildman–Crippen MR) is 60.6 cm³/mol. The van der Waals surface area contributed by atoms with E-state index in [0.717, 1.165) is 37.1 Å². The van der Waals surface area contributed by atoms with Crippen LogP contribution in [0.1, 0.15) is 44.5 Å². The van der Waals surface area contributed by atoms with Crippen molar-refractivity contribution in [1.29, 1.82) is 0 Å². The van der Waals surface area contributed by atoms with E-state index in [4.69, 9.17) is 0 Å². The molecule has 0 bridgehead atoms. The van der Waals surface area contributed by atoms with Crippen molar-refractivity contribution in [3.63, 3.8) is 0 Å². The van der Waals surface area contributed by atoms with Crippen LogP contribution in [0.3, 0.4) is 0 Å². The third-order valence-electron chi connectivity index (χ3n) is 2.35. The van der Waals surface area contributed by atoms with Crippen LogP contribution in [0.15, 0.2) is 12.4 Å². The minimum atomic E-state index is -0.264. The molecule has 0 fully saturated rings. The molecular weight excluding hydrogens is 188 g/mol. The van der Waals surface area contributed by atoms with Crippen molar-refractivity contribution in [1.82, 2.24) is 9.97 Å². The molecule has 1 heterocycles. The maximum absolute atomic E-state index is 9.66. The second-order valence-electron chi connectivity index (χ2n) is 3.90. The number of hydrogen-bond donors (Lipinski definition) is 1. The summed E-state index contributed by atoms with van der Waals surface area (Å²) in [6, 6.07) is 2.00. The molecule has 0 saturated heterocycles. The van der Waals surface area contributed by atoms with E-state index in [9.17, 15) is 5.11 Å². The lowest BCUT2D eigenvalue weighted by molar-refractivity contribution is 0.162. The fraction of sp³-hybridized carbons (Fsp3) is 0.667. The summed E-state index contributed by atoms with van der Waals surface area (Å²) in [5.41, 5.74) is 2.03. The van der Waals surface area contributed by atoms with Crippen LogP contribution in [0.4, 0.5) is 0 Å². The molecular formula is C12H20N2O. The van der Waals surface area contributed by atoms with Crippen molar-refractivity contribution in [2.75, 3.05) is 0 Å². The lowest BCUT2D eigenvalue weighted by Crippen LogP contribution is -2.11. The van der Waals surface area contributed by atoms with Crippen molar-refractivity contribution in [2.24, 2.45) is 0 Å². The van der Waals surface area contributed by atoms with Gasteiger partial charge in [0.2, 0.25) is 0 Å². The predicted octanol–water partition coefficient (Wildman–Crippen LogP) is 2.13. The van der Waals surface area contributed by atoms with Crippen LogP contribution in [-0.4, -0.2) is 21.2 Å². The smallest absolute Gasteiger partial charge is 0.115 e. The van der Waals surface area contributed by atoms with E-state index in [1.54, 1.807) is 6.33 Å². The van der Waals surface area contributed by atoms with Crippen LogP contribution in [0.5, 0.6) is 0 Å². The Morgan fingerprint density at radius 2 is 1.93 bits per heavy atom. The zero-order valence-electron chi connectivity index (χ0n) is 9.61. The van der Waals surface area contributed by atoms with E-state index >= 15 is 0 Å². The number of aryl methyl sites for hydroxylation is 1. The van der Waals surface area contributed by atoms with Gasteiger partial charge >= 0.3 is 0 Å². The Hall–Kier alpha value is -0.960. The molecule has 1 aromatic heterocycles. The molecule has 1 atom stereocenters. The average Bonchev–Trinajstić information content (AvgIpc) is 2.19. The zero-order chi connectivity index (χ0) is 11.1. The summed E-state index contributed by atoms with van der Waals surface area (Å²) in [5.74, 6) is 0. The summed E-state index contributed by atoms with van der Waals surface area (Å²) in [6.07, 6.45) is 5.90. The van der Waals surface area contributed by atoms with Gasteiger partial charge in [-0.2, -0.15) is 0 Å². The van der Waals surface area contributed by atoms with Gasteiger partial charge in [0.05, 0.1) is 6.10 Å². The SMILES string of the molecule is CCCc1cc(CC(O)CCC)ncn1. The molecule has 0 amide bonds. The monoisotopic (exact) mass is 208 g/mol. The van der Waals surface area contributed by atoms with Crippen LogP contribution in [0.25, 0.3) is 0 Å². The van der Waals surface area contributed by atoms with E-state index in [-0.39, 0.29) is 6.10 Å². The highest BCUT2D eigenvalue weighted by atomic mass is 16.3. The molecule has 3 heteroatoms. The number of aliphatic hydroxyl groups excluding tert-OH is 1. The van der Waals surface area contributed by atoms with E-state index in [1.807, 2.05) is 6.07 Å². The van der Waals surface area contributed by atoms with E-state index in [0.29, 0.717) is 6.42 Å². The molecule has 84 valence electrons. The van der Waals surface area contributed by atoms with Crippen molar-refractivity contribution in [3.8, 4) is 0 Å². The molecule has 0 saturated carbocycles. The quantitative estimate of drug-likeness (QED) is 0.779. The Balaban J connectivity index is 2.56. The third-order valence-corrected chi connectivity index (χ3v) is 2.35. The molecule has 0 aliphatic heterocycles. The fourth-order valence-corrected chi connectivity index (χ4v) is 1.63. The first kappa shape index (κ1) is 12.1. The molecule has 3 nitrogen and oxygen atoms in total. The normalized spacial score (nSPS) is 12.7. The summed E-state index contributed by atoms with van der Waals surface area (Å²) in [5, 5.41) is 9.66. The standard InChI is InChI=1S/C12H20N2O/c1-3-5-10-7-11(14-9-13-10)8-12(15)6-4-2/h7,9,12,15H,3-6,8H2,1-2H3. The Bertz CT molecular complexity index is 289. The minimum Gasteiger partial charge on any atom is -0.393 e. The summed E-state index contributed by atoms with van der Waals surface area (Å²) >= 11 is 0. The molecule has 0 aliphatic carbocycles. The summed E-state index contributed by atoms with van der Waals surface area (Å²) in [7, 11) is 0. The maximum Gasteiger partial charge on any atom is 0.115 e. The second-order valence-corrected chi connectivity index (χ2v) is 3.90. The highest BCUT2D eigenvalue weighted by Crippen LogP contribution is 2.07. The Morgan fingerprint density at radius 1 is 1.20 bits per heavy atom. The van der Waals surface area contributed by atoms with Gasteiger partial charge in [-0.15, -0.1) is 0 Å². The zero-order valence-corrected chi connectivity index (χ0v) is 9.61. The van der Waals surface area contributed by atoms with Crippen LogP contribution < -0.4 is 0 Å². The molecule has 0 aliphatic rings. The van der Waals surface area contributed by atoms with Gasteiger partial charge in [-0.05, 0) is 18.9 Å². The van der Waals surface area contributed by atoms with Crippen molar-refractivity contribution < 1.29 is 5.11 Å². The summed E-state index contributed by atoms with van der Waals surface area (Å²) in [6.45, 7) is 4.21. The first-order chi connectivity index (χ1) is 7.26. The molecule has 1 rings (SSSR count). The van der Waals surface area contributed by atoms with Gasteiger partial charge < -0.3 is 5.11 Å². The molecule has 0 aromatic carbocycles. The summed E-state index contributed by atoms with van der Waals surface area (Å²) in [4.78, 5) is 8.36. The average molecular weight is 208 g/mol. The highest BCUT2D eigenvalue weighted by Gasteiger charge is 2.06. The number of aromatic nitrogens is 2.